The van der Waals surface area contributed by atoms with Gasteiger partial charge in [-0.05, 0) is 41.0 Å². The molecule has 0 aliphatic carbocycles. The molecule has 0 amide bonds. The Kier molecular flexibility index (Phi) is 6.30. The minimum Gasteiger partial charge on any atom is -0.465 e. The molecule has 0 unspecified atom stereocenters. The van der Waals surface area contributed by atoms with Gasteiger partial charge >= 0.3 is 11.5 Å². The van der Waals surface area contributed by atoms with Crippen LogP contribution < -0.4 is 5.56 Å². The Bertz CT molecular complexity index is 1660. The first-order valence-electron chi connectivity index (χ1n) is 11.3. The number of hydrogen-bond acceptors (Lipinski definition) is 7. The van der Waals surface area contributed by atoms with Crippen LogP contribution in [0, 0.1) is 0 Å². The van der Waals surface area contributed by atoms with E-state index in [0.29, 0.717) is 22.1 Å². The Morgan fingerprint density at radius 1 is 1.03 bits per heavy atom. The van der Waals surface area contributed by atoms with Gasteiger partial charge in [-0.2, -0.15) is 9.80 Å². The third kappa shape index (κ3) is 4.48. The number of aromatic nitrogens is 3. The zero-order valence-corrected chi connectivity index (χ0v) is 20.7. The lowest BCUT2D eigenvalue weighted by Gasteiger charge is -2.02. The molecule has 0 saturated heterocycles. The highest BCUT2D eigenvalue weighted by Gasteiger charge is 2.20. The van der Waals surface area contributed by atoms with E-state index in [0.717, 1.165) is 22.0 Å². The van der Waals surface area contributed by atoms with E-state index in [1.54, 1.807) is 24.3 Å². The summed E-state index contributed by atoms with van der Waals surface area (Å²) in [6, 6.07) is 20.9. The van der Waals surface area contributed by atoms with Crippen molar-refractivity contribution in [2.45, 2.75) is 19.8 Å². The Hall–Kier alpha value is -4.37. The molecule has 0 fully saturated rings. The van der Waals surface area contributed by atoms with E-state index >= 15 is 0 Å². The van der Waals surface area contributed by atoms with Gasteiger partial charge in [0.1, 0.15) is 0 Å². The van der Waals surface area contributed by atoms with Gasteiger partial charge in [0.2, 0.25) is 5.13 Å². The minimum atomic E-state index is -0.468. The number of aromatic amines is 1. The second-order valence-corrected chi connectivity index (χ2v) is 9.33. The maximum absolute atomic E-state index is 13.3. The number of benzene rings is 3. The van der Waals surface area contributed by atoms with Crippen LogP contribution in [0.3, 0.4) is 0 Å². The first-order valence-corrected chi connectivity index (χ1v) is 12.2. The quantitative estimate of drug-likeness (QED) is 0.207. The third-order valence-electron chi connectivity index (χ3n) is 5.73. The summed E-state index contributed by atoms with van der Waals surface area (Å²) < 4.78 is 6.16. The third-order valence-corrected chi connectivity index (χ3v) is 6.56. The van der Waals surface area contributed by atoms with Crippen LogP contribution in [0.15, 0.2) is 87.1 Å². The summed E-state index contributed by atoms with van der Waals surface area (Å²) in [5, 5.41) is 16.4. The van der Waals surface area contributed by atoms with Gasteiger partial charge in [-0.25, -0.2) is 9.78 Å². The fourth-order valence-electron chi connectivity index (χ4n) is 3.85. The van der Waals surface area contributed by atoms with Crippen LogP contribution in [0.25, 0.3) is 27.2 Å². The molecule has 0 aliphatic rings. The average molecular weight is 498 g/mol. The largest absolute Gasteiger partial charge is 0.465 e. The van der Waals surface area contributed by atoms with Gasteiger partial charge in [-0.15, -0.1) is 16.5 Å². The van der Waals surface area contributed by atoms with Crippen LogP contribution in [-0.4, -0.2) is 27.8 Å². The number of hydrogen-bond donors (Lipinski definition) is 1. The van der Waals surface area contributed by atoms with Gasteiger partial charge in [0.05, 0.1) is 29.7 Å². The first-order chi connectivity index (χ1) is 17.4. The molecule has 0 radical (unpaired) electrons. The van der Waals surface area contributed by atoms with Crippen LogP contribution in [0.5, 0.6) is 0 Å². The predicted octanol–water partition coefficient (Wildman–Crippen LogP) is 6.77. The van der Waals surface area contributed by atoms with Crippen LogP contribution in [0.1, 0.15) is 35.8 Å². The van der Waals surface area contributed by atoms with E-state index in [-0.39, 0.29) is 17.2 Å². The summed E-state index contributed by atoms with van der Waals surface area (Å²) in [6.45, 7) is 3.93. The number of methoxy groups -OCH3 is 1. The summed E-state index contributed by atoms with van der Waals surface area (Å²) in [5.74, 6) is -0.473. The molecule has 2 heterocycles. The molecule has 5 aromatic rings. The van der Waals surface area contributed by atoms with E-state index in [2.05, 4.69) is 39.6 Å². The van der Waals surface area contributed by atoms with Crippen molar-refractivity contribution in [3.05, 3.63) is 93.7 Å². The van der Waals surface area contributed by atoms with Crippen LogP contribution in [0.4, 0.5) is 11.4 Å². The van der Waals surface area contributed by atoms with Gasteiger partial charge in [0.15, 0.2) is 5.69 Å². The topological polar surface area (TPSA) is 102 Å². The highest BCUT2D eigenvalue weighted by atomic mass is 32.1. The van der Waals surface area contributed by atoms with Crippen molar-refractivity contribution in [2.24, 2.45) is 10.2 Å². The molecule has 0 aliphatic heterocycles. The number of carbonyl (C=O) groups is 1. The SMILES string of the molecule is COC(=O)c1cccc(N=Nc2c(C(C)C)[nH]n(-c3nc(-c4ccc5ccccc5c4)cs3)c2=O)c1. The number of nitrogens with zero attached hydrogens (tertiary/aromatic N) is 4. The van der Waals surface area contributed by atoms with Crippen molar-refractivity contribution in [3.63, 3.8) is 0 Å². The van der Waals surface area contributed by atoms with E-state index in [4.69, 9.17) is 9.72 Å². The first kappa shape index (κ1) is 23.4. The Balaban J connectivity index is 1.50. The number of H-pyrrole nitrogens is 1. The highest BCUT2D eigenvalue weighted by molar-refractivity contribution is 7.12. The molecule has 180 valence electrons. The van der Waals surface area contributed by atoms with Crippen molar-refractivity contribution in [2.75, 3.05) is 7.11 Å². The maximum atomic E-state index is 13.3. The smallest absolute Gasteiger partial charge is 0.337 e. The molecule has 3 aromatic carbocycles. The van der Waals surface area contributed by atoms with Crippen molar-refractivity contribution in [1.82, 2.24) is 14.8 Å². The average Bonchev–Trinajstić information content (AvgIpc) is 3.51. The summed E-state index contributed by atoms with van der Waals surface area (Å²) >= 11 is 1.37. The van der Waals surface area contributed by atoms with Crippen molar-refractivity contribution in [1.29, 1.82) is 0 Å². The van der Waals surface area contributed by atoms with Crippen molar-refractivity contribution < 1.29 is 9.53 Å². The van der Waals surface area contributed by atoms with E-state index in [1.807, 2.05) is 37.4 Å². The number of esters is 1. The molecule has 0 atom stereocenters. The molecule has 0 spiro atoms. The molecular formula is C27H23N5O3S. The molecule has 0 saturated carbocycles. The minimum absolute atomic E-state index is 0.00535. The zero-order valence-electron chi connectivity index (χ0n) is 19.9. The van der Waals surface area contributed by atoms with Gasteiger partial charge < -0.3 is 4.74 Å². The van der Waals surface area contributed by atoms with Crippen molar-refractivity contribution in [3.8, 4) is 16.4 Å². The van der Waals surface area contributed by atoms with E-state index in [9.17, 15) is 9.59 Å². The van der Waals surface area contributed by atoms with Gasteiger partial charge in [0.25, 0.3) is 0 Å². The summed E-state index contributed by atoms with van der Waals surface area (Å²) in [5.41, 5.74) is 3.07. The summed E-state index contributed by atoms with van der Waals surface area (Å²) in [6.07, 6.45) is 0. The zero-order chi connectivity index (χ0) is 25.2. The normalized spacial score (nSPS) is 11.6. The maximum Gasteiger partial charge on any atom is 0.337 e. The lowest BCUT2D eigenvalue weighted by atomic mass is 10.1. The van der Waals surface area contributed by atoms with Crippen LogP contribution in [-0.2, 0) is 4.74 Å². The Morgan fingerprint density at radius 2 is 1.83 bits per heavy atom. The molecule has 1 N–H and O–H groups in total. The summed E-state index contributed by atoms with van der Waals surface area (Å²) in [4.78, 5) is 29.9. The molecular weight excluding hydrogens is 474 g/mol. The predicted molar refractivity (Wildman–Crippen MR) is 141 cm³/mol. The number of rotatable bonds is 6. The van der Waals surface area contributed by atoms with Crippen LogP contribution in [0.2, 0.25) is 0 Å². The molecule has 36 heavy (non-hydrogen) atoms. The van der Waals surface area contributed by atoms with Crippen LogP contribution >= 0.6 is 11.3 Å². The lowest BCUT2D eigenvalue weighted by molar-refractivity contribution is 0.0600. The number of ether oxygens (including phenoxy) is 1. The molecule has 2 aromatic heterocycles. The number of carbonyl (C=O) groups excluding carboxylic acids is 1. The van der Waals surface area contributed by atoms with Gasteiger partial charge in [-0.1, -0.05) is 56.3 Å². The number of nitrogens with one attached hydrogen (secondary N) is 1. The number of thiazole rings is 1. The Morgan fingerprint density at radius 3 is 2.61 bits per heavy atom. The fraction of sp³-hybridized carbons (Fsp3) is 0.148. The van der Waals surface area contributed by atoms with Crippen molar-refractivity contribution >= 4 is 39.5 Å². The van der Waals surface area contributed by atoms with Gasteiger partial charge in [0, 0.05) is 10.9 Å². The number of azo groups is 1. The van der Waals surface area contributed by atoms with Gasteiger partial charge in [-0.3, -0.25) is 9.89 Å². The van der Waals surface area contributed by atoms with E-state index < -0.39 is 5.97 Å². The molecule has 9 heteroatoms. The molecule has 8 nitrogen and oxygen atoms in total. The standard InChI is InChI=1S/C27H23N5O3S/c1-16(2)23-24(30-29-21-10-6-9-20(14-21)26(34)35-3)25(33)32(31-23)27-28-22(15-36-27)19-12-11-17-7-4-5-8-18(17)13-19/h4-16,31H,1-3H3. The second-order valence-electron chi connectivity index (χ2n) is 8.49. The van der Waals surface area contributed by atoms with E-state index in [1.165, 1.54) is 23.1 Å². The second kappa shape index (κ2) is 9.71. The lowest BCUT2D eigenvalue weighted by Crippen LogP contribution is -2.13. The molecule has 0 bridgehead atoms. The Labute approximate surface area is 210 Å². The monoisotopic (exact) mass is 497 g/mol. The highest BCUT2D eigenvalue weighted by Crippen LogP contribution is 2.29. The molecule has 5 rings (SSSR count). The number of fused-ring (bicyclic) bond motifs is 1. The fourth-order valence-corrected chi connectivity index (χ4v) is 4.64. The summed E-state index contributed by atoms with van der Waals surface area (Å²) in [7, 11) is 1.32.